The van der Waals surface area contributed by atoms with Gasteiger partial charge in [0.2, 0.25) is 0 Å². The van der Waals surface area contributed by atoms with Gasteiger partial charge in [0.05, 0.1) is 36.1 Å². The summed E-state index contributed by atoms with van der Waals surface area (Å²) in [5, 5.41) is 15.2. The Kier molecular flexibility index (Phi) is 7.89. The van der Waals surface area contributed by atoms with Crippen molar-refractivity contribution in [1.82, 2.24) is 34.8 Å². The van der Waals surface area contributed by atoms with Crippen LogP contribution in [0.3, 0.4) is 0 Å². The fourth-order valence-corrected chi connectivity index (χ4v) is 6.92. The number of hydrogen-bond donors (Lipinski definition) is 3. The van der Waals surface area contributed by atoms with Crippen LogP contribution in [0.25, 0.3) is 16.6 Å². The van der Waals surface area contributed by atoms with E-state index in [1.165, 1.54) is 6.07 Å². The highest BCUT2D eigenvalue weighted by Crippen LogP contribution is 2.34. The van der Waals surface area contributed by atoms with Crippen molar-refractivity contribution in [3.63, 3.8) is 0 Å². The molecule has 2 aliphatic rings. The molecule has 1 aliphatic carbocycles. The molecule has 242 valence electrons. The molecule has 0 spiro atoms. The Labute approximate surface area is 276 Å². The number of amides is 1. The summed E-state index contributed by atoms with van der Waals surface area (Å²) in [5.74, 6) is -0.0987. The number of carbonyl (C=O) groups is 2. The van der Waals surface area contributed by atoms with E-state index in [2.05, 4.69) is 43.1 Å². The van der Waals surface area contributed by atoms with E-state index in [0.717, 1.165) is 66.1 Å². The van der Waals surface area contributed by atoms with Gasteiger partial charge in [-0.15, -0.1) is 0 Å². The SMILES string of the molecule is O=C(NC1CCC(CC2NC2C(=O)c2cc(F)cnc2Nc2ccc3c(cnn3Cc3ccccc3)c2)CC1)c1cn2ccccc2n1. The first-order valence-corrected chi connectivity index (χ1v) is 16.4. The number of benzene rings is 2. The number of nitrogens with one attached hydrogen (secondary N) is 3. The molecule has 2 atom stereocenters. The quantitative estimate of drug-likeness (QED) is 0.125. The van der Waals surface area contributed by atoms with Gasteiger partial charge in [-0.05, 0) is 80.0 Å². The average Bonchev–Trinajstić information content (AvgIpc) is 3.54. The number of pyridine rings is 2. The minimum absolute atomic E-state index is 0.0366. The van der Waals surface area contributed by atoms with Crippen LogP contribution in [0.5, 0.6) is 0 Å². The van der Waals surface area contributed by atoms with Crippen LogP contribution in [0.1, 0.15) is 58.5 Å². The average molecular weight is 643 g/mol. The lowest BCUT2D eigenvalue weighted by atomic mass is 9.82. The summed E-state index contributed by atoms with van der Waals surface area (Å²) >= 11 is 0. The van der Waals surface area contributed by atoms with Crippen LogP contribution >= 0.6 is 0 Å². The standard InChI is InChI=1S/C37H35FN8O2/c38-26-18-29(36(39-20-26)41-28-13-14-32-25(17-28)19-40-46(32)21-24-6-2-1-3-7-24)35(47)34-30(44-34)16-23-9-11-27(12-10-23)42-37(48)31-22-45-15-5-4-8-33(45)43-31/h1-8,13-15,17-20,22-23,27,30,34,44H,9-12,16,21H2,(H,39,41)(H,42,48). The van der Waals surface area contributed by atoms with E-state index in [-0.39, 0.29) is 35.4 Å². The lowest BCUT2D eigenvalue weighted by Gasteiger charge is -2.28. The number of ketones is 1. The maximum Gasteiger partial charge on any atom is 0.271 e. The molecule has 2 aromatic carbocycles. The maximum atomic E-state index is 14.4. The summed E-state index contributed by atoms with van der Waals surface area (Å²) in [6.45, 7) is 0.660. The van der Waals surface area contributed by atoms with Gasteiger partial charge in [-0.3, -0.25) is 14.3 Å². The van der Waals surface area contributed by atoms with Crippen LogP contribution < -0.4 is 16.0 Å². The summed E-state index contributed by atoms with van der Waals surface area (Å²) in [4.78, 5) is 35.1. The number of imidazole rings is 1. The topological polar surface area (TPSA) is 128 Å². The smallest absolute Gasteiger partial charge is 0.271 e. The van der Waals surface area contributed by atoms with Crippen molar-refractivity contribution in [3.05, 3.63) is 120 Å². The predicted molar refractivity (Wildman–Crippen MR) is 181 cm³/mol. The second kappa shape index (κ2) is 12.6. The summed E-state index contributed by atoms with van der Waals surface area (Å²) in [5.41, 5.74) is 4.28. The molecule has 3 N–H and O–H groups in total. The van der Waals surface area contributed by atoms with Crippen molar-refractivity contribution in [1.29, 1.82) is 0 Å². The third-order valence-corrected chi connectivity index (χ3v) is 9.53. The first kappa shape index (κ1) is 29.9. The molecule has 6 aromatic rings. The fourth-order valence-electron chi connectivity index (χ4n) is 6.92. The van der Waals surface area contributed by atoms with Crippen LogP contribution in [0, 0.1) is 11.7 Å². The van der Waals surface area contributed by atoms with E-state index in [4.69, 9.17) is 0 Å². The zero-order valence-electron chi connectivity index (χ0n) is 26.2. The number of rotatable bonds is 10. The predicted octanol–water partition coefficient (Wildman–Crippen LogP) is 5.91. The Morgan fingerprint density at radius 1 is 0.958 bits per heavy atom. The molecule has 2 unspecified atom stereocenters. The molecule has 1 saturated heterocycles. The third-order valence-electron chi connectivity index (χ3n) is 9.53. The number of anilines is 2. The highest BCUT2D eigenvalue weighted by molar-refractivity contribution is 6.06. The molecule has 1 amide bonds. The van der Waals surface area contributed by atoms with Crippen LogP contribution in [0.15, 0.2) is 97.6 Å². The number of aromatic nitrogens is 5. The Hall–Kier alpha value is -5.42. The van der Waals surface area contributed by atoms with Gasteiger partial charge in [0.1, 0.15) is 23.0 Å². The molecule has 4 aromatic heterocycles. The van der Waals surface area contributed by atoms with Gasteiger partial charge >= 0.3 is 0 Å². The molecule has 48 heavy (non-hydrogen) atoms. The van der Waals surface area contributed by atoms with Gasteiger partial charge in [0.15, 0.2) is 5.78 Å². The van der Waals surface area contributed by atoms with Gasteiger partial charge in [0.25, 0.3) is 5.91 Å². The molecular weight excluding hydrogens is 607 g/mol. The molecule has 5 heterocycles. The number of hydrogen-bond acceptors (Lipinski definition) is 7. The Morgan fingerprint density at radius 3 is 2.62 bits per heavy atom. The zero-order chi connectivity index (χ0) is 32.6. The van der Waals surface area contributed by atoms with Crippen molar-refractivity contribution in [2.45, 2.75) is 56.8 Å². The van der Waals surface area contributed by atoms with Crippen molar-refractivity contribution >= 4 is 39.7 Å². The van der Waals surface area contributed by atoms with E-state index in [0.29, 0.717) is 24.0 Å². The molecule has 0 bridgehead atoms. The van der Waals surface area contributed by atoms with Gasteiger partial charge < -0.3 is 20.4 Å². The van der Waals surface area contributed by atoms with Crippen molar-refractivity contribution in [2.75, 3.05) is 5.32 Å². The lowest BCUT2D eigenvalue weighted by Crippen LogP contribution is -2.38. The molecule has 10 nitrogen and oxygen atoms in total. The first-order valence-electron chi connectivity index (χ1n) is 16.4. The second-order valence-corrected chi connectivity index (χ2v) is 12.9. The van der Waals surface area contributed by atoms with E-state index >= 15 is 0 Å². The summed E-state index contributed by atoms with van der Waals surface area (Å²) < 4.78 is 18.2. The number of Topliss-reactive ketones (excluding diaryl/α,β-unsaturated/α-hetero) is 1. The number of halogens is 1. The van der Waals surface area contributed by atoms with Crippen molar-refractivity contribution in [3.8, 4) is 0 Å². The first-order chi connectivity index (χ1) is 23.5. The minimum Gasteiger partial charge on any atom is -0.348 e. The van der Waals surface area contributed by atoms with Crippen LogP contribution in [-0.4, -0.2) is 54.0 Å². The Bertz CT molecular complexity index is 2090. The van der Waals surface area contributed by atoms with Crippen molar-refractivity contribution < 1.29 is 14.0 Å². The molecule has 11 heteroatoms. The second-order valence-electron chi connectivity index (χ2n) is 12.9. The lowest BCUT2D eigenvalue weighted by molar-refractivity contribution is 0.0914. The van der Waals surface area contributed by atoms with Gasteiger partial charge in [-0.1, -0.05) is 36.4 Å². The molecule has 0 radical (unpaired) electrons. The number of carbonyl (C=O) groups excluding carboxylic acids is 2. The monoisotopic (exact) mass is 642 g/mol. The number of fused-ring (bicyclic) bond motifs is 2. The molecule has 1 saturated carbocycles. The molecule has 2 fully saturated rings. The Morgan fingerprint density at radius 2 is 1.79 bits per heavy atom. The van der Waals surface area contributed by atoms with Crippen LogP contribution in [-0.2, 0) is 6.54 Å². The van der Waals surface area contributed by atoms with Gasteiger partial charge in [-0.2, -0.15) is 5.10 Å². The van der Waals surface area contributed by atoms with Crippen LogP contribution in [0.4, 0.5) is 15.9 Å². The van der Waals surface area contributed by atoms with Gasteiger partial charge in [0, 0.05) is 35.6 Å². The molecule has 1 aliphatic heterocycles. The van der Waals surface area contributed by atoms with E-state index < -0.39 is 5.82 Å². The normalized spacial score (nSPS) is 20.5. The maximum absolute atomic E-state index is 14.4. The molecular formula is C37H35FN8O2. The summed E-state index contributed by atoms with van der Waals surface area (Å²) in [7, 11) is 0. The zero-order valence-corrected chi connectivity index (χ0v) is 26.2. The van der Waals surface area contributed by atoms with E-state index in [9.17, 15) is 14.0 Å². The summed E-state index contributed by atoms with van der Waals surface area (Å²) in [6.07, 6.45) is 11.1. The largest absolute Gasteiger partial charge is 0.348 e. The number of nitrogens with zero attached hydrogens (tertiary/aromatic N) is 5. The van der Waals surface area contributed by atoms with Crippen LogP contribution in [0.2, 0.25) is 0 Å². The third kappa shape index (κ3) is 6.28. The highest BCUT2D eigenvalue weighted by Gasteiger charge is 2.44. The minimum atomic E-state index is -0.553. The Balaban J connectivity index is 0.866. The van der Waals surface area contributed by atoms with Gasteiger partial charge in [-0.25, -0.2) is 14.4 Å². The van der Waals surface area contributed by atoms with E-state index in [1.807, 2.05) is 76.1 Å². The summed E-state index contributed by atoms with van der Waals surface area (Å²) in [6, 6.07) is 22.7. The molecule has 8 rings (SSSR count). The van der Waals surface area contributed by atoms with Crippen molar-refractivity contribution in [2.24, 2.45) is 5.92 Å². The van der Waals surface area contributed by atoms with E-state index in [1.54, 1.807) is 6.20 Å². The fraction of sp³-hybridized carbons (Fsp3) is 0.270. The highest BCUT2D eigenvalue weighted by atomic mass is 19.1.